The van der Waals surface area contributed by atoms with Crippen LogP contribution in [0.25, 0.3) is 0 Å². The van der Waals surface area contributed by atoms with E-state index < -0.39 is 52.5 Å². The molecule has 0 aromatic heterocycles. The number of alkyl halides is 9. The summed E-state index contributed by atoms with van der Waals surface area (Å²) < 4.78 is 125. The van der Waals surface area contributed by atoms with Gasteiger partial charge >= 0.3 is 18.5 Å². The van der Waals surface area contributed by atoms with Crippen LogP contribution in [0.2, 0.25) is 0 Å². The number of Topliss-reactive ketones (excluding diaryl/α,β-unsaturated/α-hetero) is 1. The molecule has 1 fully saturated rings. The highest BCUT2D eigenvalue weighted by molar-refractivity contribution is 5.89. The van der Waals surface area contributed by atoms with Gasteiger partial charge in [-0.2, -0.15) is 39.5 Å². The molecule has 12 heteroatoms. The van der Waals surface area contributed by atoms with Crippen LogP contribution in [0.5, 0.6) is 0 Å². The van der Waals surface area contributed by atoms with Crippen molar-refractivity contribution < 1.29 is 49.0 Å². The standard InChI is InChI=1S/C25H24F9NO2/c1-15(16-10-18(23(26,27)28)12-19(11-16)24(29,30)31)37-14-22(17-6-4-3-5-7-17)9-8-21(2,13-35-22)20(36)25(32,33)34/h3-7,10-12,15,35H,8-9,13-14H2,1-2H3/t15-,21-,22-/m1/s1. The fourth-order valence-corrected chi connectivity index (χ4v) is 4.35. The number of hydrogen-bond donors (Lipinski definition) is 1. The number of ether oxygens (including phenoxy) is 1. The van der Waals surface area contributed by atoms with Crippen LogP contribution in [-0.2, 0) is 27.4 Å². The molecule has 1 N–H and O–H groups in total. The maximum atomic E-state index is 13.3. The highest BCUT2D eigenvalue weighted by Crippen LogP contribution is 2.43. The molecule has 3 atom stereocenters. The third kappa shape index (κ3) is 6.46. The molecule has 3 rings (SSSR count). The van der Waals surface area contributed by atoms with Gasteiger partial charge in [0.2, 0.25) is 5.78 Å². The van der Waals surface area contributed by atoms with Crippen LogP contribution in [0.1, 0.15) is 55.0 Å². The summed E-state index contributed by atoms with van der Waals surface area (Å²) in [6, 6.07) is 9.52. The summed E-state index contributed by atoms with van der Waals surface area (Å²) in [5, 5.41) is 2.96. The van der Waals surface area contributed by atoms with E-state index >= 15 is 0 Å². The molecule has 0 amide bonds. The molecule has 0 radical (unpaired) electrons. The van der Waals surface area contributed by atoms with Crippen LogP contribution in [0.3, 0.4) is 0 Å². The third-order valence-electron chi connectivity index (χ3n) is 6.71. The highest BCUT2D eigenvalue weighted by Gasteiger charge is 2.53. The monoisotopic (exact) mass is 541 g/mol. The van der Waals surface area contributed by atoms with Gasteiger partial charge in [-0.15, -0.1) is 0 Å². The number of piperidine rings is 1. The number of ketones is 1. The molecule has 2 aromatic rings. The number of carbonyl (C=O) groups excluding carboxylic acids is 1. The van der Waals surface area contributed by atoms with Gasteiger partial charge in [0.25, 0.3) is 0 Å². The molecule has 0 aliphatic carbocycles. The Kier molecular flexibility index (Phi) is 7.78. The van der Waals surface area contributed by atoms with E-state index in [2.05, 4.69) is 5.32 Å². The summed E-state index contributed by atoms with van der Waals surface area (Å²) >= 11 is 0. The summed E-state index contributed by atoms with van der Waals surface area (Å²) in [4.78, 5) is 12.0. The van der Waals surface area contributed by atoms with Gasteiger partial charge in [-0.1, -0.05) is 37.3 Å². The first kappa shape index (κ1) is 29.0. The molecular weight excluding hydrogens is 517 g/mol. The summed E-state index contributed by atoms with van der Waals surface area (Å²) in [5.74, 6) is -1.88. The quantitative estimate of drug-likeness (QED) is 0.393. The number of rotatable bonds is 6. The Morgan fingerprint density at radius 1 is 0.919 bits per heavy atom. The van der Waals surface area contributed by atoms with Crippen LogP contribution in [-0.4, -0.2) is 25.1 Å². The highest BCUT2D eigenvalue weighted by atomic mass is 19.4. The van der Waals surface area contributed by atoms with Crippen molar-refractivity contribution in [1.82, 2.24) is 5.32 Å². The minimum atomic E-state index is -5.03. The zero-order valence-corrected chi connectivity index (χ0v) is 19.7. The number of halogens is 9. The molecule has 1 aliphatic rings. The molecule has 0 unspecified atom stereocenters. The van der Waals surface area contributed by atoms with E-state index in [1.54, 1.807) is 30.3 Å². The van der Waals surface area contributed by atoms with E-state index in [1.807, 2.05) is 0 Å². The van der Waals surface area contributed by atoms with E-state index in [1.165, 1.54) is 13.8 Å². The topological polar surface area (TPSA) is 38.3 Å². The van der Waals surface area contributed by atoms with Gasteiger partial charge in [0.15, 0.2) is 0 Å². The minimum Gasteiger partial charge on any atom is -0.372 e. The van der Waals surface area contributed by atoms with Crippen molar-refractivity contribution in [3.8, 4) is 0 Å². The lowest BCUT2D eigenvalue weighted by molar-refractivity contribution is -0.183. The van der Waals surface area contributed by atoms with E-state index in [-0.39, 0.29) is 37.6 Å². The van der Waals surface area contributed by atoms with Crippen molar-refractivity contribution in [3.05, 3.63) is 70.8 Å². The van der Waals surface area contributed by atoms with Gasteiger partial charge in [0.05, 0.1) is 29.4 Å². The maximum absolute atomic E-state index is 13.3. The molecule has 0 bridgehead atoms. The van der Waals surface area contributed by atoms with Crippen molar-refractivity contribution in [1.29, 1.82) is 0 Å². The zero-order valence-electron chi connectivity index (χ0n) is 19.7. The molecule has 2 aromatic carbocycles. The predicted octanol–water partition coefficient (Wildman–Crippen LogP) is 7.22. The van der Waals surface area contributed by atoms with Crippen LogP contribution in [0, 0.1) is 5.41 Å². The van der Waals surface area contributed by atoms with E-state index in [0.29, 0.717) is 17.7 Å². The van der Waals surface area contributed by atoms with Crippen LogP contribution < -0.4 is 5.32 Å². The summed E-state index contributed by atoms with van der Waals surface area (Å²) in [6.07, 6.45) is -16.5. The van der Waals surface area contributed by atoms with E-state index in [4.69, 9.17) is 4.74 Å². The fraction of sp³-hybridized carbons (Fsp3) is 0.480. The largest absolute Gasteiger partial charge is 0.450 e. The van der Waals surface area contributed by atoms with Crippen molar-refractivity contribution in [2.45, 2.75) is 56.9 Å². The molecular formula is C25H24F9NO2. The molecule has 0 saturated carbocycles. The average Bonchev–Trinajstić information content (AvgIpc) is 2.82. The molecule has 37 heavy (non-hydrogen) atoms. The molecule has 1 saturated heterocycles. The minimum absolute atomic E-state index is 0.00154. The van der Waals surface area contributed by atoms with Gasteiger partial charge < -0.3 is 10.1 Å². The summed E-state index contributed by atoms with van der Waals surface area (Å²) in [5.41, 5.74) is -5.62. The zero-order chi connectivity index (χ0) is 27.9. The Labute approximate surface area is 207 Å². The van der Waals surface area contributed by atoms with Crippen molar-refractivity contribution in [3.63, 3.8) is 0 Å². The SMILES string of the molecule is C[C@@H](OC[C@@]1(c2ccccc2)CC[C@@](C)(C(=O)C(F)(F)F)CN1)c1cc(C(F)(F)F)cc(C(F)(F)F)c1. The Hall–Kier alpha value is -2.60. The Morgan fingerprint density at radius 3 is 1.89 bits per heavy atom. The second-order valence-electron chi connectivity index (χ2n) is 9.48. The van der Waals surface area contributed by atoms with E-state index in [9.17, 15) is 44.3 Å². The second-order valence-corrected chi connectivity index (χ2v) is 9.48. The second kappa shape index (κ2) is 9.94. The molecule has 1 aliphatic heterocycles. The first-order valence-corrected chi connectivity index (χ1v) is 11.2. The van der Waals surface area contributed by atoms with Gasteiger partial charge in [-0.3, -0.25) is 4.79 Å². The van der Waals surface area contributed by atoms with Gasteiger partial charge in [0, 0.05) is 12.0 Å². The first-order chi connectivity index (χ1) is 16.9. The fourth-order valence-electron chi connectivity index (χ4n) is 4.35. The lowest BCUT2D eigenvalue weighted by Crippen LogP contribution is -2.58. The summed E-state index contributed by atoms with van der Waals surface area (Å²) in [6.45, 7) is 1.83. The number of carbonyl (C=O) groups is 1. The summed E-state index contributed by atoms with van der Waals surface area (Å²) in [7, 11) is 0. The Morgan fingerprint density at radius 2 is 1.46 bits per heavy atom. The lowest BCUT2D eigenvalue weighted by atomic mass is 9.71. The Bertz CT molecular complexity index is 1070. The third-order valence-corrected chi connectivity index (χ3v) is 6.71. The first-order valence-electron chi connectivity index (χ1n) is 11.2. The van der Waals surface area contributed by atoms with Gasteiger partial charge in [0.1, 0.15) is 0 Å². The smallest absolute Gasteiger partial charge is 0.372 e. The van der Waals surface area contributed by atoms with Crippen molar-refractivity contribution in [2.75, 3.05) is 13.2 Å². The van der Waals surface area contributed by atoms with Gasteiger partial charge in [-0.25, -0.2) is 0 Å². The van der Waals surface area contributed by atoms with E-state index in [0.717, 1.165) is 0 Å². The average molecular weight is 541 g/mol. The van der Waals surface area contributed by atoms with Crippen molar-refractivity contribution in [2.24, 2.45) is 5.41 Å². The normalized spacial score (nSPS) is 24.1. The predicted molar refractivity (Wildman–Crippen MR) is 115 cm³/mol. The maximum Gasteiger partial charge on any atom is 0.450 e. The molecule has 3 nitrogen and oxygen atoms in total. The van der Waals surface area contributed by atoms with Crippen LogP contribution in [0.15, 0.2) is 48.5 Å². The molecule has 1 heterocycles. The van der Waals surface area contributed by atoms with Crippen LogP contribution >= 0.6 is 0 Å². The molecule has 204 valence electrons. The van der Waals surface area contributed by atoms with Crippen LogP contribution in [0.4, 0.5) is 39.5 Å². The number of benzene rings is 2. The molecule has 0 spiro atoms. The Balaban J connectivity index is 1.89. The number of nitrogens with one attached hydrogen (secondary N) is 1. The lowest BCUT2D eigenvalue weighted by Gasteiger charge is -2.46. The number of hydrogen-bond acceptors (Lipinski definition) is 3. The van der Waals surface area contributed by atoms with Crippen molar-refractivity contribution >= 4 is 5.78 Å². The van der Waals surface area contributed by atoms with Gasteiger partial charge in [-0.05, 0) is 49.1 Å².